The molecule has 6 nitrogen and oxygen atoms in total. The fourth-order valence-electron chi connectivity index (χ4n) is 2.82. The van der Waals surface area contributed by atoms with Gasteiger partial charge in [-0.05, 0) is 29.9 Å². The summed E-state index contributed by atoms with van der Waals surface area (Å²) in [6.45, 7) is 0. The number of carbonyl (C=O) groups is 2. The average molecular weight is 407 g/mol. The van der Waals surface area contributed by atoms with E-state index in [4.69, 9.17) is 12.2 Å². The van der Waals surface area contributed by atoms with E-state index in [2.05, 4.69) is 10.4 Å². The normalized spacial score (nSPS) is 15.4. The summed E-state index contributed by atoms with van der Waals surface area (Å²) in [6.07, 6.45) is 1.72. The highest BCUT2D eigenvalue weighted by Gasteiger charge is 2.34. The van der Waals surface area contributed by atoms with Gasteiger partial charge in [-0.25, -0.2) is 0 Å². The maximum atomic E-state index is 12.8. The Morgan fingerprint density at radius 3 is 2.57 bits per heavy atom. The third-order valence-corrected chi connectivity index (χ3v) is 5.40. The number of para-hydroxylation sites is 1. The van der Waals surface area contributed by atoms with Crippen molar-refractivity contribution in [3.05, 3.63) is 87.0 Å². The molecule has 2 heterocycles. The summed E-state index contributed by atoms with van der Waals surface area (Å²) in [5.74, 6) is -0.999. The molecule has 2 amide bonds. The van der Waals surface area contributed by atoms with Crippen LogP contribution in [0.5, 0.6) is 0 Å². The number of thiocarbonyl (C=S) groups is 1. The Bertz CT molecular complexity index is 1200. The average Bonchev–Trinajstić information content (AvgIpc) is 2.95. The Hall–Kier alpha value is -3.23. The molecule has 1 fully saturated rings. The molecule has 1 aromatic heterocycles. The van der Waals surface area contributed by atoms with Gasteiger partial charge in [-0.1, -0.05) is 60.3 Å². The zero-order valence-electron chi connectivity index (χ0n) is 14.3. The lowest BCUT2D eigenvalue weighted by Crippen LogP contribution is -2.45. The van der Waals surface area contributed by atoms with Crippen LogP contribution in [0.15, 0.2) is 70.4 Å². The number of hydrazine groups is 1. The molecule has 0 radical (unpaired) electrons. The molecule has 0 unspecified atom stereocenters. The van der Waals surface area contributed by atoms with Crippen LogP contribution in [0.25, 0.3) is 17.0 Å². The number of pyridine rings is 1. The van der Waals surface area contributed by atoms with Gasteiger partial charge in [-0.15, -0.1) is 0 Å². The third-order valence-electron chi connectivity index (χ3n) is 4.10. The van der Waals surface area contributed by atoms with Crippen LogP contribution in [0.2, 0.25) is 0 Å². The predicted molar refractivity (Wildman–Crippen MR) is 113 cm³/mol. The Balaban J connectivity index is 1.62. The smallest absolute Gasteiger partial charge is 0.285 e. The Morgan fingerprint density at radius 1 is 1.07 bits per heavy atom. The molecule has 4 rings (SSSR count). The van der Waals surface area contributed by atoms with Crippen LogP contribution in [0.4, 0.5) is 0 Å². The maximum Gasteiger partial charge on any atom is 0.285 e. The van der Waals surface area contributed by atoms with Crippen molar-refractivity contribution >= 4 is 57.1 Å². The molecule has 0 aliphatic carbocycles. The summed E-state index contributed by atoms with van der Waals surface area (Å²) in [4.78, 5) is 40.4. The van der Waals surface area contributed by atoms with E-state index < -0.39 is 17.4 Å². The molecule has 3 aromatic rings. The number of rotatable bonds is 3. The Labute approximate surface area is 169 Å². The molecule has 28 heavy (non-hydrogen) atoms. The van der Waals surface area contributed by atoms with Gasteiger partial charge in [-0.3, -0.25) is 19.8 Å². The predicted octanol–water partition coefficient (Wildman–Crippen LogP) is 3.07. The van der Waals surface area contributed by atoms with E-state index in [1.807, 2.05) is 30.3 Å². The number of amides is 2. The van der Waals surface area contributed by atoms with Crippen LogP contribution in [0.1, 0.15) is 15.9 Å². The molecule has 2 aromatic carbocycles. The Morgan fingerprint density at radius 2 is 1.79 bits per heavy atom. The SMILES string of the molecule is O=C(NN1C(=O)C(=Cc2ccccc2)SC1=S)c1cc(=O)[nH]c2ccccc12. The number of H-pyrrole nitrogens is 1. The van der Waals surface area contributed by atoms with Gasteiger partial charge in [0.2, 0.25) is 5.56 Å². The second-order valence-corrected chi connectivity index (χ2v) is 7.64. The van der Waals surface area contributed by atoms with E-state index in [-0.39, 0.29) is 9.88 Å². The first-order valence-electron chi connectivity index (χ1n) is 8.29. The standard InChI is InChI=1S/C20H13N3O3S2/c24-17-11-14(13-8-4-5-9-15(13)21-17)18(25)22-23-19(26)16(28-20(23)27)10-12-6-2-1-3-7-12/h1-11H,(H,21,24)(H,22,25). The van der Waals surface area contributed by atoms with Crippen molar-refractivity contribution in [1.82, 2.24) is 15.4 Å². The molecule has 1 saturated heterocycles. The quantitative estimate of drug-likeness (QED) is 0.515. The lowest BCUT2D eigenvalue weighted by molar-refractivity contribution is -0.123. The molecule has 0 bridgehead atoms. The van der Waals surface area contributed by atoms with Crippen molar-refractivity contribution in [2.75, 3.05) is 0 Å². The summed E-state index contributed by atoms with van der Waals surface area (Å²) >= 11 is 6.35. The largest absolute Gasteiger partial charge is 0.322 e. The number of aromatic amines is 1. The number of benzene rings is 2. The molecular formula is C20H13N3O3S2. The van der Waals surface area contributed by atoms with Crippen LogP contribution < -0.4 is 11.0 Å². The number of nitrogens with zero attached hydrogens (tertiary/aromatic N) is 1. The molecule has 1 aliphatic rings. The zero-order valence-corrected chi connectivity index (χ0v) is 16.0. The van der Waals surface area contributed by atoms with Crippen molar-refractivity contribution in [3.63, 3.8) is 0 Å². The fourth-order valence-corrected chi connectivity index (χ4v) is 4.00. The number of hydrogen-bond acceptors (Lipinski definition) is 5. The highest BCUT2D eigenvalue weighted by atomic mass is 32.2. The van der Waals surface area contributed by atoms with Crippen LogP contribution in [-0.4, -0.2) is 26.1 Å². The third kappa shape index (κ3) is 3.47. The molecule has 2 N–H and O–H groups in total. The zero-order chi connectivity index (χ0) is 19.7. The van der Waals surface area contributed by atoms with Crippen molar-refractivity contribution in [3.8, 4) is 0 Å². The summed E-state index contributed by atoms with van der Waals surface area (Å²) in [6, 6.07) is 17.5. The molecule has 1 aliphatic heterocycles. The van der Waals surface area contributed by atoms with Gasteiger partial charge in [0.25, 0.3) is 11.8 Å². The van der Waals surface area contributed by atoms with Gasteiger partial charge < -0.3 is 4.98 Å². The minimum Gasteiger partial charge on any atom is -0.322 e. The molecule has 0 spiro atoms. The number of hydrogen-bond donors (Lipinski definition) is 2. The van der Waals surface area contributed by atoms with Gasteiger partial charge in [0.05, 0.1) is 10.5 Å². The number of thioether (sulfide) groups is 1. The van der Waals surface area contributed by atoms with Crippen LogP contribution in [-0.2, 0) is 4.79 Å². The van der Waals surface area contributed by atoms with Crippen LogP contribution in [0.3, 0.4) is 0 Å². The van der Waals surface area contributed by atoms with Crippen molar-refractivity contribution in [2.24, 2.45) is 0 Å². The maximum absolute atomic E-state index is 12.8. The first-order valence-corrected chi connectivity index (χ1v) is 9.51. The monoisotopic (exact) mass is 407 g/mol. The minimum atomic E-state index is -0.584. The molecule has 0 atom stereocenters. The number of fused-ring (bicyclic) bond motifs is 1. The summed E-state index contributed by atoms with van der Waals surface area (Å²) < 4.78 is 0.217. The van der Waals surface area contributed by atoms with E-state index in [0.717, 1.165) is 22.3 Å². The molecule has 0 saturated carbocycles. The van der Waals surface area contributed by atoms with E-state index in [9.17, 15) is 14.4 Å². The number of nitrogens with one attached hydrogen (secondary N) is 2. The number of carbonyl (C=O) groups excluding carboxylic acids is 2. The molecule has 8 heteroatoms. The van der Waals surface area contributed by atoms with Crippen molar-refractivity contribution < 1.29 is 9.59 Å². The first-order chi connectivity index (χ1) is 13.5. The van der Waals surface area contributed by atoms with E-state index in [1.54, 1.807) is 30.3 Å². The lowest BCUT2D eigenvalue weighted by Gasteiger charge is -2.16. The van der Waals surface area contributed by atoms with Crippen LogP contribution >= 0.6 is 24.0 Å². The van der Waals surface area contributed by atoms with Gasteiger partial charge in [0, 0.05) is 17.0 Å². The van der Waals surface area contributed by atoms with Crippen molar-refractivity contribution in [1.29, 1.82) is 0 Å². The molecule has 138 valence electrons. The topological polar surface area (TPSA) is 82.3 Å². The van der Waals surface area contributed by atoms with Gasteiger partial charge in [-0.2, -0.15) is 5.01 Å². The van der Waals surface area contributed by atoms with Gasteiger partial charge >= 0.3 is 0 Å². The summed E-state index contributed by atoms with van der Waals surface area (Å²) in [5.41, 5.74) is 3.67. The van der Waals surface area contributed by atoms with E-state index in [0.29, 0.717) is 15.8 Å². The lowest BCUT2D eigenvalue weighted by atomic mass is 10.1. The number of aromatic nitrogens is 1. The molecular weight excluding hydrogens is 394 g/mol. The Kier molecular flexibility index (Phi) is 4.81. The summed E-state index contributed by atoms with van der Waals surface area (Å²) in [7, 11) is 0. The first kappa shape index (κ1) is 18.1. The highest BCUT2D eigenvalue weighted by Crippen LogP contribution is 2.31. The van der Waals surface area contributed by atoms with E-state index in [1.165, 1.54) is 6.07 Å². The second-order valence-electron chi connectivity index (χ2n) is 5.96. The van der Waals surface area contributed by atoms with Crippen molar-refractivity contribution in [2.45, 2.75) is 0 Å². The highest BCUT2D eigenvalue weighted by molar-refractivity contribution is 8.26. The van der Waals surface area contributed by atoms with Gasteiger partial charge in [0.15, 0.2) is 4.32 Å². The van der Waals surface area contributed by atoms with E-state index >= 15 is 0 Å². The summed E-state index contributed by atoms with van der Waals surface area (Å²) in [5, 5.41) is 1.61. The van der Waals surface area contributed by atoms with Gasteiger partial charge in [0.1, 0.15) is 0 Å². The fraction of sp³-hybridized carbons (Fsp3) is 0. The second kappa shape index (κ2) is 7.41. The van der Waals surface area contributed by atoms with Crippen LogP contribution in [0, 0.1) is 0 Å². The minimum absolute atomic E-state index is 0.167.